The summed E-state index contributed by atoms with van der Waals surface area (Å²) >= 11 is 16.5. The molecule has 1 aromatic rings. The van der Waals surface area contributed by atoms with E-state index in [0.29, 0.717) is 0 Å². The number of rotatable bonds is 4. The second kappa shape index (κ2) is 5.31. The van der Waals surface area contributed by atoms with Crippen LogP contribution in [0.1, 0.15) is 0 Å². The van der Waals surface area contributed by atoms with Crippen molar-refractivity contribution >= 4 is 41.0 Å². The van der Waals surface area contributed by atoms with E-state index in [9.17, 15) is 14.4 Å². The number of nitrogens with zero attached hydrogens (tertiary/aromatic N) is 1. The van der Waals surface area contributed by atoms with Crippen molar-refractivity contribution in [2.75, 3.05) is 11.2 Å². The van der Waals surface area contributed by atoms with Crippen LogP contribution in [0.5, 0.6) is 0 Å². The molecular formula is C6H8Cl2N3O3PS. The van der Waals surface area contributed by atoms with Gasteiger partial charge in [0.25, 0.3) is 0 Å². The number of nitrogens with one attached hydrogen (secondary N) is 2. The highest BCUT2D eigenvalue weighted by Crippen LogP contribution is 2.48. The van der Waals surface area contributed by atoms with Crippen LogP contribution in [0.25, 0.3) is 0 Å². The van der Waals surface area contributed by atoms with Crippen LogP contribution in [0.3, 0.4) is 0 Å². The predicted octanol–water partition coefficient (Wildman–Crippen LogP) is 0.0545. The first-order valence-electron chi connectivity index (χ1n) is 4.04. The molecule has 0 aliphatic heterocycles. The molecule has 0 bridgehead atoms. The number of aromatic amines is 2. The number of hydrogen-bond acceptors (Lipinski definition) is 4. The zero-order valence-electron chi connectivity index (χ0n) is 7.90. The van der Waals surface area contributed by atoms with Crippen LogP contribution in [0.2, 0.25) is 0 Å². The molecule has 0 aromatic carbocycles. The molecular weight excluding hydrogens is 296 g/mol. The Morgan fingerprint density at radius 1 is 1.12 bits per heavy atom. The molecule has 0 amide bonds. The van der Waals surface area contributed by atoms with Gasteiger partial charge in [0.2, 0.25) is 0 Å². The van der Waals surface area contributed by atoms with E-state index in [1.165, 1.54) is 0 Å². The highest BCUT2D eigenvalue weighted by Gasteiger charge is 2.17. The van der Waals surface area contributed by atoms with E-state index in [1.54, 1.807) is 0 Å². The second-order valence-corrected chi connectivity index (χ2v) is 9.69. The van der Waals surface area contributed by atoms with Crippen molar-refractivity contribution in [3.8, 4) is 0 Å². The van der Waals surface area contributed by atoms with Gasteiger partial charge < -0.3 is 0 Å². The summed E-state index contributed by atoms with van der Waals surface area (Å²) < 4.78 is 0.812. The first-order valence-corrected chi connectivity index (χ1v) is 8.47. The molecule has 0 saturated carbocycles. The Hall–Kier alpha value is -0.360. The molecule has 0 aliphatic rings. The first-order chi connectivity index (χ1) is 7.41. The number of halogens is 2. The minimum atomic E-state index is -2.19. The standard InChI is InChI=1S/C6H8Cl2N3O3PS/c7-1-15(16,2-8)3-11-5(13)9-4(12)10-6(11)14/h1-3H2,(H2,9,10,12,13,14). The van der Waals surface area contributed by atoms with Crippen LogP contribution in [0, 0.1) is 0 Å². The van der Waals surface area contributed by atoms with Gasteiger partial charge in [-0.05, 0) is 0 Å². The summed E-state index contributed by atoms with van der Waals surface area (Å²) in [5.41, 5.74) is -2.22. The molecule has 1 rings (SSSR count). The average molecular weight is 304 g/mol. The maximum Gasteiger partial charge on any atom is 0.334 e. The summed E-state index contributed by atoms with van der Waals surface area (Å²) in [6.07, 6.45) is -0.0275. The topological polar surface area (TPSA) is 87.7 Å². The van der Waals surface area contributed by atoms with Crippen molar-refractivity contribution in [3.05, 3.63) is 31.5 Å². The highest BCUT2D eigenvalue weighted by atomic mass is 35.5. The monoisotopic (exact) mass is 303 g/mol. The van der Waals surface area contributed by atoms with Gasteiger partial charge in [0.15, 0.2) is 0 Å². The van der Waals surface area contributed by atoms with Crippen molar-refractivity contribution in [1.29, 1.82) is 0 Å². The Balaban J connectivity index is 3.27. The molecule has 2 N–H and O–H groups in total. The number of alkyl halides is 2. The largest absolute Gasteiger partial charge is 0.334 e. The molecule has 1 aromatic heterocycles. The third kappa shape index (κ3) is 3.07. The number of H-pyrrole nitrogens is 2. The lowest BCUT2D eigenvalue weighted by Crippen LogP contribution is -2.43. The number of hydrogen-bond donors (Lipinski definition) is 2. The van der Waals surface area contributed by atoms with E-state index in [1.807, 2.05) is 9.97 Å². The normalized spacial score (nSPS) is 11.6. The quantitative estimate of drug-likeness (QED) is 0.608. The van der Waals surface area contributed by atoms with Gasteiger partial charge in [0.05, 0.1) is 17.5 Å². The summed E-state index contributed by atoms with van der Waals surface area (Å²) in [6, 6.07) is -2.19. The summed E-state index contributed by atoms with van der Waals surface area (Å²) in [5, 5.41) is 0. The summed E-state index contributed by atoms with van der Waals surface area (Å²) in [6.45, 7) is 0. The maximum absolute atomic E-state index is 11.3. The third-order valence-electron chi connectivity index (χ3n) is 1.77. The van der Waals surface area contributed by atoms with Gasteiger partial charge in [0, 0.05) is 6.04 Å². The molecule has 1 heterocycles. The predicted molar refractivity (Wildman–Crippen MR) is 67.7 cm³/mol. The number of aromatic nitrogens is 3. The molecule has 6 nitrogen and oxygen atoms in total. The van der Waals surface area contributed by atoms with E-state index >= 15 is 0 Å². The van der Waals surface area contributed by atoms with Gasteiger partial charge in [-0.1, -0.05) is 11.8 Å². The lowest BCUT2D eigenvalue weighted by Gasteiger charge is -2.15. The molecule has 0 radical (unpaired) electrons. The molecule has 0 unspecified atom stereocenters. The third-order valence-corrected chi connectivity index (χ3v) is 8.15. The van der Waals surface area contributed by atoms with Crippen molar-refractivity contribution in [2.24, 2.45) is 0 Å². The second-order valence-electron chi connectivity index (χ2n) is 3.06. The molecule has 0 spiro atoms. The average Bonchev–Trinajstić information content (AvgIpc) is 2.23. The minimum absolute atomic E-state index is 0.0275. The fourth-order valence-corrected chi connectivity index (χ4v) is 3.50. The highest BCUT2D eigenvalue weighted by molar-refractivity contribution is 8.15. The molecule has 10 heteroatoms. The smallest absolute Gasteiger partial charge is 0.259 e. The Labute approximate surface area is 105 Å². The maximum atomic E-state index is 11.3. The van der Waals surface area contributed by atoms with Gasteiger partial charge in [-0.25, -0.2) is 19.0 Å². The van der Waals surface area contributed by atoms with Crippen molar-refractivity contribution < 1.29 is 0 Å². The van der Waals surface area contributed by atoms with Crippen molar-refractivity contribution in [1.82, 2.24) is 14.5 Å². The van der Waals surface area contributed by atoms with E-state index < -0.39 is 23.1 Å². The van der Waals surface area contributed by atoms with Crippen molar-refractivity contribution in [3.63, 3.8) is 0 Å². The minimum Gasteiger partial charge on any atom is -0.259 e. The zero-order chi connectivity index (χ0) is 12.3. The summed E-state index contributed by atoms with van der Waals surface area (Å²) in [5.74, 6) is 0. The first kappa shape index (κ1) is 13.7. The van der Waals surface area contributed by atoms with Gasteiger partial charge in [-0.3, -0.25) is 9.97 Å². The Morgan fingerprint density at radius 2 is 1.56 bits per heavy atom. The van der Waals surface area contributed by atoms with Crippen LogP contribution in [0.15, 0.2) is 14.4 Å². The van der Waals surface area contributed by atoms with E-state index in [0.717, 1.165) is 4.57 Å². The molecule has 0 atom stereocenters. The molecule has 16 heavy (non-hydrogen) atoms. The molecule has 90 valence electrons. The van der Waals surface area contributed by atoms with Gasteiger partial charge in [-0.2, -0.15) is 0 Å². The van der Waals surface area contributed by atoms with Gasteiger partial charge in [-0.15, -0.1) is 23.2 Å². The van der Waals surface area contributed by atoms with Crippen molar-refractivity contribution in [2.45, 2.75) is 6.29 Å². The fourth-order valence-electron chi connectivity index (χ4n) is 0.946. The van der Waals surface area contributed by atoms with Crippen LogP contribution in [-0.4, -0.2) is 25.8 Å². The Morgan fingerprint density at radius 3 is 1.94 bits per heavy atom. The molecule has 0 aliphatic carbocycles. The van der Waals surface area contributed by atoms with Gasteiger partial charge >= 0.3 is 17.1 Å². The molecule has 0 fully saturated rings. The Bertz CT molecular complexity index is 549. The lowest BCUT2D eigenvalue weighted by atomic mass is 10.9. The molecule has 0 saturated heterocycles. The van der Waals surface area contributed by atoms with E-state index in [2.05, 4.69) is 0 Å². The van der Waals surface area contributed by atoms with E-state index in [-0.39, 0.29) is 17.5 Å². The summed E-state index contributed by atoms with van der Waals surface area (Å²) in [7, 11) is 0. The summed E-state index contributed by atoms with van der Waals surface area (Å²) in [4.78, 5) is 37.3. The van der Waals surface area contributed by atoms with Crippen LogP contribution < -0.4 is 17.1 Å². The fraction of sp³-hybridized carbons (Fsp3) is 0.500. The zero-order valence-corrected chi connectivity index (χ0v) is 11.1. The SMILES string of the molecule is O=c1[nH]c(=O)n(CP(=S)(CCl)CCl)c(=O)[nH]1. The van der Waals surface area contributed by atoms with Crippen LogP contribution in [0.4, 0.5) is 0 Å². The Kier molecular flexibility index (Phi) is 4.55. The van der Waals surface area contributed by atoms with Crippen LogP contribution >= 0.6 is 29.2 Å². The lowest BCUT2D eigenvalue weighted by molar-refractivity contribution is 0.694. The van der Waals surface area contributed by atoms with Gasteiger partial charge in [0.1, 0.15) is 0 Å². The van der Waals surface area contributed by atoms with Crippen LogP contribution in [-0.2, 0) is 18.1 Å². The van der Waals surface area contributed by atoms with E-state index in [4.69, 9.17) is 35.0 Å².